The summed E-state index contributed by atoms with van der Waals surface area (Å²) < 4.78 is 22.7. The van der Waals surface area contributed by atoms with Gasteiger partial charge in [0.2, 0.25) is 0 Å². The number of rotatable bonds is 5. The molecule has 0 bridgehead atoms. The number of hydrogen-bond acceptors (Lipinski definition) is 4. The van der Waals surface area contributed by atoms with Crippen LogP contribution in [-0.2, 0) is 9.84 Å². The molecule has 0 aromatic carbocycles. The summed E-state index contributed by atoms with van der Waals surface area (Å²) in [6.07, 6.45) is 0. The van der Waals surface area contributed by atoms with E-state index in [9.17, 15) is 8.42 Å². The van der Waals surface area contributed by atoms with E-state index in [1.165, 1.54) is 0 Å². The van der Waals surface area contributed by atoms with Crippen molar-refractivity contribution in [2.24, 2.45) is 5.92 Å². The molecule has 1 atom stereocenters. The fourth-order valence-corrected chi connectivity index (χ4v) is 3.37. The number of nitrogens with one attached hydrogen (secondary N) is 1. The van der Waals surface area contributed by atoms with Crippen LogP contribution in [0.3, 0.4) is 0 Å². The van der Waals surface area contributed by atoms with Crippen molar-refractivity contribution in [2.45, 2.75) is 26.8 Å². The lowest BCUT2D eigenvalue weighted by molar-refractivity contribution is 0.164. The lowest BCUT2D eigenvalue weighted by Gasteiger charge is -2.36. The number of likely N-dealkylation sites (N-methyl/N-ethyl adjacent to an activating group) is 1. The van der Waals surface area contributed by atoms with Crippen molar-refractivity contribution in [2.75, 3.05) is 37.7 Å². The maximum absolute atomic E-state index is 11.4. The van der Waals surface area contributed by atoms with Gasteiger partial charge in [0.15, 0.2) is 9.84 Å². The minimum atomic E-state index is -2.76. The molecule has 16 heavy (non-hydrogen) atoms. The van der Waals surface area contributed by atoms with Crippen molar-refractivity contribution in [1.82, 2.24) is 10.2 Å². The van der Waals surface area contributed by atoms with Gasteiger partial charge >= 0.3 is 0 Å². The quantitative estimate of drug-likeness (QED) is 0.763. The van der Waals surface area contributed by atoms with Crippen molar-refractivity contribution in [1.29, 1.82) is 0 Å². The van der Waals surface area contributed by atoms with E-state index in [1.54, 1.807) is 0 Å². The van der Waals surface area contributed by atoms with E-state index in [2.05, 4.69) is 31.0 Å². The van der Waals surface area contributed by atoms with Crippen molar-refractivity contribution in [3.63, 3.8) is 0 Å². The summed E-state index contributed by atoms with van der Waals surface area (Å²) in [4.78, 5) is 2.31. The van der Waals surface area contributed by atoms with Gasteiger partial charge in [0.25, 0.3) is 0 Å². The zero-order valence-corrected chi connectivity index (χ0v) is 11.4. The molecule has 1 rings (SSSR count). The Morgan fingerprint density at radius 2 is 1.81 bits per heavy atom. The van der Waals surface area contributed by atoms with Crippen molar-refractivity contribution < 1.29 is 8.42 Å². The predicted octanol–water partition coefficient (Wildman–Crippen LogP) is 0.351. The minimum absolute atomic E-state index is 0.322. The van der Waals surface area contributed by atoms with E-state index in [1.807, 2.05) is 0 Å². The highest BCUT2D eigenvalue weighted by molar-refractivity contribution is 7.91. The van der Waals surface area contributed by atoms with E-state index in [4.69, 9.17) is 0 Å². The number of nitrogens with zero attached hydrogens (tertiary/aromatic N) is 1. The second-order valence-corrected chi connectivity index (χ2v) is 7.11. The molecule has 0 aromatic rings. The second kappa shape index (κ2) is 5.98. The van der Waals surface area contributed by atoms with E-state index in [0.29, 0.717) is 36.6 Å². The average Bonchev–Trinajstić information content (AvgIpc) is 2.20. The van der Waals surface area contributed by atoms with Gasteiger partial charge in [-0.15, -0.1) is 0 Å². The van der Waals surface area contributed by atoms with Crippen LogP contribution in [0.1, 0.15) is 20.8 Å². The Kier molecular flexibility index (Phi) is 5.21. The summed E-state index contributed by atoms with van der Waals surface area (Å²) in [6.45, 7) is 9.80. The molecule has 96 valence electrons. The minimum Gasteiger partial charge on any atom is -0.315 e. The highest BCUT2D eigenvalue weighted by atomic mass is 32.2. The molecule has 5 heteroatoms. The smallest absolute Gasteiger partial charge is 0.152 e. The van der Waals surface area contributed by atoms with Gasteiger partial charge in [-0.05, 0) is 12.5 Å². The summed E-state index contributed by atoms with van der Waals surface area (Å²) in [6, 6.07) is 0.454. The molecule has 0 spiro atoms. The van der Waals surface area contributed by atoms with Gasteiger partial charge in [-0.2, -0.15) is 0 Å². The fraction of sp³-hybridized carbons (Fsp3) is 1.00. The molecule has 1 aliphatic rings. The maximum atomic E-state index is 11.4. The summed E-state index contributed by atoms with van der Waals surface area (Å²) in [5.74, 6) is 1.20. The zero-order chi connectivity index (χ0) is 12.2. The Hall–Kier alpha value is -0.130. The summed E-state index contributed by atoms with van der Waals surface area (Å²) in [5, 5.41) is 3.36. The van der Waals surface area contributed by atoms with Gasteiger partial charge in [-0.1, -0.05) is 20.8 Å². The molecular weight excluding hydrogens is 224 g/mol. The average molecular weight is 248 g/mol. The molecule has 1 N–H and O–H groups in total. The van der Waals surface area contributed by atoms with E-state index < -0.39 is 9.84 Å². The van der Waals surface area contributed by atoms with Crippen molar-refractivity contribution >= 4 is 9.84 Å². The first-order valence-corrected chi connectivity index (χ1v) is 7.93. The van der Waals surface area contributed by atoms with Crippen molar-refractivity contribution in [3.8, 4) is 0 Å². The largest absolute Gasteiger partial charge is 0.315 e. The molecule has 0 radical (unpaired) electrons. The standard InChI is InChI=1S/C11H24N2O2S/c1-4-12-9-11(10(2)3)13-5-7-16(14,15)8-6-13/h10-12H,4-9H2,1-3H3. The SMILES string of the molecule is CCNCC(C(C)C)N1CCS(=O)(=O)CC1. The van der Waals surface area contributed by atoms with E-state index in [-0.39, 0.29) is 0 Å². The molecular formula is C11H24N2O2S. The first-order chi connectivity index (χ1) is 7.46. The van der Waals surface area contributed by atoms with Crippen LogP contribution in [0.4, 0.5) is 0 Å². The summed E-state index contributed by atoms with van der Waals surface area (Å²) in [5.41, 5.74) is 0. The topological polar surface area (TPSA) is 49.4 Å². The molecule has 0 amide bonds. The first-order valence-electron chi connectivity index (χ1n) is 6.11. The highest BCUT2D eigenvalue weighted by Gasteiger charge is 2.28. The third-order valence-electron chi connectivity index (χ3n) is 3.22. The van der Waals surface area contributed by atoms with Crippen LogP contribution in [-0.4, -0.2) is 57.0 Å². The molecule has 1 saturated heterocycles. The Bertz CT molecular complexity index is 287. The lowest BCUT2D eigenvalue weighted by Crippen LogP contribution is -2.51. The van der Waals surface area contributed by atoms with Gasteiger partial charge in [0, 0.05) is 25.7 Å². The van der Waals surface area contributed by atoms with Crippen LogP contribution >= 0.6 is 0 Å². The Labute approximate surface area is 99.3 Å². The van der Waals surface area contributed by atoms with Gasteiger partial charge in [0.05, 0.1) is 11.5 Å². The number of hydrogen-bond donors (Lipinski definition) is 1. The molecule has 0 saturated carbocycles. The summed E-state index contributed by atoms with van der Waals surface area (Å²) >= 11 is 0. The fourth-order valence-electron chi connectivity index (χ4n) is 2.14. The van der Waals surface area contributed by atoms with Crippen LogP contribution in [0.25, 0.3) is 0 Å². The van der Waals surface area contributed by atoms with Crippen LogP contribution in [0, 0.1) is 5.92 Å². The Morgan fingerprint density at radius 3 is 2.25 bits per heavy atom. The normalized spacial score (nSPS) is 23.5. The molecule has 4 nitrogen and oxygen atoms in total. The first kappa shape index (κ1) is 13.9. The predicted molar refractivity (Wildman–Crippen MR) is 67.4 cm³/mol. The third kappa shape index (κ3) is 4.03. The molecule has 0 aromatic heterocycles. The van der Waals surface area contributed by atoms with Gasteiger partial charge in [0.1, 0.15) is 0 Å². The van der Waals surface area contributed by atoms with Gasteiger partial charge in [-0.25, -0.2) is 8.42 Å². The molecule has 1 aliphatic heterocycles. The zero-order valence-electron chi connectivity index (χ0n) is 10.6. The number of sulfone groups is 1. The second-order valence-electron chi connectivity index (χ2n) is 4.81. The van der Waals surface area contributed by atoms with Crippen LogP contribution in [0.2, 0.25) is 0 Å². The molecule has 0 aliphatic carbocycles. The van der Waals surface area contributed by atoms with E-state index in [0.717, 1.165) is 13.1 Å². The summed E-state index contributed by atoms with van der Waals surface area (Å²) in [7, 11) is -2.76. The lowest BCUT2D eigenvalue weighted by atomic mass is 10.0. The van der Waals surface area contributed by atoms with Gasteiger partial charge in [-0.3, -0.25) is 4.90 Å². The molecule has 1 fully saturated rings. The molecule has 1 heterocycles. The van der Waals surface area contributed by atoms with Gasteiger partial charge < -0.3 is 5.32 Å². The Balaban J connectivity index is 2.53. The molecule has 1 unspecified atom stereocenters. The third-order valence-corrected chi connectivity index (χ3v) is 4.83. The van der Waals surface area contributed by atoms with E-state index >= 15 is 0 Å². The van der Waals surface area contributed by atoms with Crippen LogP contribution < -0.4 is 5.32 Å². The monoisotopic (exact) mass is 248 g/mol. The van der Waals surface area contributed by atoms with Crippen molar-refractivity contribution in [3.05, 3.63) is 0 Å². The van der Waals surface area contributed by atoms with Crippen LogP contribution in [0.15, 0.2) is 0 Å². The highest BCUT2D eigenvalue weighted by Crippen LogP contribution is 2.14. The Morgan fingerprint density at radius 1 is 1.25 bits per heavy atom. The maximum Gasteiger partial charge on any atom is 0.152 e. The van der Waals surface area contributed by atoms with Crippen LogP contribution in [0.5, 0.6) is 0 Å².